The average molecular weight is 217 g/mol. The Balaban J connectivity index is 3.08. The van der Waals surface area contributed by atoms with Crippen molar-refractivity contribution in [2.75, 3.05) is 20.6 Å². The highest BCUT2D eigenvalue weighted by atomic mass is 35.5. The second-order valence-corrected chi connectivity index (χ2v) is 3.82. The number of halogens is 2. The lowest BCUT2D eigenvalue weighted by atomic mass is 10.1. The van der Waals surface area contributed by atoms with E-state index in [1.165, 1.54) is 12.1 Å². The SMILES string of the molecule is CN(C)C(CN)c1cc(Cl)ccc1F. The molecule has 1 rings (SSSR count). The molecule has 0 aliphatic carbocycles. The molecule has 0 saturated heterocycles. The first-order valence-corrected chi connectivity index (χ1v) is 4.75. The minimum Gasteiger partial charge on any atom is -0.329 e. The van der Waals surface area contributed by atoms with Gasteiger partial charge in [-0.2, -0.15) is 0 Å². The standard InChI is InChI=1S/C10H14ClFN2/c1-14(2)10(6-13)8-5-7(11)3-4-9(8)12/h3-5,10H,6,13H2,1-2H3. The van der Waals surface area contributed by atoms with E-state index in [0.717, 1.165) is 0 Å². The van der Waals surface area contributed by atoms with Gasteiger partial charge in [-0.05, 0) is 32.3 Å². The van der Waals surface area contributed by atoms with Crippen molar-refractivity contribution in [1.82, 2.24) is 4.90 Å². The van der Waals surface area contributed by atoms with Crippen LogP contribution in [0, 0.1) is 5.82 Å². The van der Waals surface area contributed by atoms with Crippen molar-refractivity contribution in [1.29, 1.82) is 0 Å². The van der Waals surface area contributed by atoms with Gasteiger partial charge in [-0.1, -0.05) is 11.6 Å². The Morgan fingerprint density at radius 2 is 2.14 bits per heavy atom. The van der Waals surface area contributed by atoms with Crippen LogP contribution in [0.1, 0.15) is 11.6 Å². The average Bonchev–Trinajstić information content (AvgIpc) is 2.11. The van der Waals surface area contributed by atoms with Crippen molar-refractivity contribution in [2.24, 2.45) is 5.73 Å². The van der Waals surface area contributed by atoms with Gasteiger partial charge < -0.3 is 10.6 Å². The Labute approximate surface area is 88.5 Å². The van der Waals surface area contributed by atoms with Gasteiger partial charge in [-0.25, -0.2) is 4.39 Å². The van der Waals surface area contributed by atoms with Gasteiger partial charge in [0.25, 0.3) is 0 Å². The molecule has 0 aromatic heterocycles. The van der Waals surface area contributed by atoms with Crippen molar-refractivity contribution in [3.05, 3.63) is 34.6 Å². The van der Waals surface area contributed by atoms with E-state index < -0.39 is 0 Å². The normalized spacial score (nSPS) is 13.3. The van der Waals surface area contributed by atoms with Crippen LogP contribution in [-0.2, 0) is 0 Å². The predicted molar refractivity (Wildman–Crippen MR) is 56.9 cm³/mol. The molecule has 1 unspecified atom stereocenters. The van der Waals surface area contributed by atoms with E-state index in [2.05, 4.69) is 0 Å². The molecule has 2 N–H and O–H groups in total. The number of benzene rings is 1. The minimum absolute atomic E-state index is 0.131. The third-order valence-electron chi connectivity index (χ3n) is 2.16. The fourth-order valence-corrected chi connectivity index (χ4v) is 1.57. The van der Waals surface area contributed by atoms with Crippen LogP contribution in [0.3, 0.4) is 0 Å². The first kappa shape index (κ1) is 11.4. The maximum atomic E-state index is 13.4. The van der Waals surface area contributed by atoms with Gasteiger partial charge in [0, 0.05) is 23.2 Å². The van der Waals surface area contributed by atoms with E-state index in [1.54, 1.807) is 6.07 Å². The molecule has 4 heteroatoms. The summed E-state index contributed by atoms with van der Waals surface area (Å²) in [5.74, 6) is -0.265. The molecule has 2 nitrogen and oxygen atoms in total. The topological polar surface area (TPSA) is 29.3 Å². The van der Waals surface area contributed by atoms with Crippen molar-refractivity contribution in [2.45, 2.75) is 6.04 Å². The molecule has 0 aliphatic rings. The van der Waals surface area contributed by atoms with Gasteiger partial charge in [0.05, 0.1) is 0 Å². The number of rotatable bonds is 3. The van der Waals surface area contributed by atoms with E-state index in [9.17, 15) is 4.39 Å². The van der Waals surface area contributed by atoms with Gasteiger partial charge in [-0.3, -0.25) is 0 Å². The lowest BCUT2D eigenvalue weighted by Crippen LogP contribution is -2.27. The largest absolute Gasteiger partial charge is 0.329 e. The Kier molecular flexibility index (Phi) is 3.86. The molecule has 78 valence electrons. The van der Waals surface area contributed by atoms with Crippen molar-refractivity contribution >= 4 is 11.6 Å². The van der Waals surface area contributed by atoms with Crippen LogP contribution in [0.4, 0.5) is 4.39 Å². The number of nitrogens with zero attached hydrogens (tertiary/aromatic N) is 1. The Hall–Kier alpha value is -0.640. The van der Waals surface area contributed by atoms with Crippen molar-refractivity contribution in [3.8, 4) is 0 Å². The number of nitrogens with two attached hydrogens (primary N) is 1. The predicted octanol–water partition coefficient (Wildman–Crippen LogP) is 2.04. The zero-order chi connectivity index (χ0) is 10.7. The lowest BCUT2D eigenvalue weighted by Gasteiger charge is -2.23. The second-order valence-electron chi connectivity index (χ2n) is 3.38. The Morgan fingerprint density at radius 1 is 1.50 bits per heavy atom. The molecule has 0 spiro atoms. The first-order valence-electron chi connectivity index (χ1n) is 4.37. The second kappa shape index (κ2) is 4.73. The van der Waals surface area contributed by atoms with Crippen LogP contribution in [0.15, 0.2) is 18.2 Å². The van der Waals surface area contributed by atoms with E-state index in [0.29, 0.717) is 17.1 Å². The summed E-state index contributed by atoms with van der Waals surface area (Å²) < 4.78 is 13.4. The fourth-order valence-electron chi connectivity index (χ4n) is 1.39. The zero-order valence-electron chi connectivity index (χ0n) is 8.30. The maximum absolute atomic E-state index is 13.4. The summed E-state index contributed by atoms with van der Waals surface area (Å²) >= 11 is 5.80. The molecule has 0 fully saturated rings. The van der Waals surface area contributed by atoms with Crippen molar-refractivity contribution in [3.63, 3.8) is 0 Å². The summed E-state index contributed by atoms with van der Waals surface area (Å²) in [5.41, 5.74) is 6.12. The molecule has 0 aliphatic heterocycles. The highest BCUT2D eigenvalue weighted by Crippen LogP contribution is 2.23. The van der Waals surface area contributed by atoms with Gasteiger partial charge in [-0.15, -0.1) is 0 Å². The molecule has 1 atom stereocenters. The maximum Gasteiger partial charge on any atom is 0.128 e. The van der Waals surface area contributed by atoms with Gasteiger partial charge in [0.2, 0.25) is 0 Å². The zero-order valence-corrected chi connectivity index (χ0v) is 9.05. The van der Waals surface area contributed by atoms with Crippen molar-refractivity contribution < 1.29 is 4.39 Å². The van der Waals surface area contributed by atoms with Gasteiger partial charge in [0.15, 0.2) is 0 Å². The highest BCUT2D eigenvalue weighted by Gasteiger charge is 2.16. The van der Waals surface area contributed by atoms with Crippen LogP contribution < -0.4 is 5.73 Å². The summed E-state index contributed by atoms with van der Waals surface area (Å²) in [7, 11) is 3.72. The molecule has 0 radical (unpaired) electrons. The van der Waals surface area contributed by atoms with Gasteiger partial charge >= 0.3 is 0 Å². The van der Waals surface area contributed by atoms with Crippen LogP contribution in [0.2, 0.25) is 5.02 Å². The molecule has 1 aromatic carbocycles. The van der Waals surface area contributed by atoms with Crippen LogP contribution in [-0.4, -0.2) is 25.5 Å². The summed E-state index contributed by atoms with van der Waals surface area (Å²) in [5, 5.41) is 0.529. The van der Waals surface area contributed by atoms with E-state index in [1.807, 2.05) is 19.0 Å². The quantitative estimate of drug-likeness (QED) is 0.838. The van der Waals surface area contributed by atoms with Crippen LogP contribution in [0.5, 0.6) is 0 Å². The molecule has 0 saturated carbocycles. The molecule has 0 heterocycles. The Morgan fingerprint density at radius 3 is 2.64 bits per heavy atom. The molecular formula is C10H14ClFN2. The molecule has 14 heavy (non-hydrogen) atoms. The summed E-state index contributed by atoms with van der Waals surface area (Å²) in [6.07, 6.45) is 0. The number of hydrogen-bond acceptors (Lipinski definition) is 2. The monoisotopic (exact) mass is 216 g/mol. The number of likely N-dealkylation sites (N-methyl/N-ethyl adjacent to an activating group) is 1. The first-order chi connectivity index (χ1) is 6.56. The highest BCUT2D eigenvalue weighted by molar-refractivity contribution is 6.30. The smallest absolute Gasteiger partial charge is 0.128 e. The minimum atomic E-state index is -0.265. The molecular weight excluding hydrogens is 203 g/mol. The fraction of sp³-hybridized carbons (Fsp3) is 0.400. The third kappa shape index (κ3) is 2.44. The third-order valence-corrected chi connectivity index (χ3v) is 2.40. The van der Waals surface area contributed by atoms with E-state index in [4.69, 9.17) is 17.3 Å². The molecule has 1 aromatic rings. The number of hydrogen-bond donors (Lipinski definition) is 1. The summed E-state index contributed by atoms with van der Waals surface area (Å²) in [6, 6.07) is 4.38. The molecule has 0 amide bonds. The van der Waals surface area contributed by atoms with E-state index in [-0.39, 0.29) is 11.9 Å². The molecule has 0 bridgehead atoms. The lowest BCUT2D eigenvalue weighted by molar-refractivity contribution is 0.298. The van der Waals surface area contributed by atoms with Gasteiger partial charge in [0.1, 0.15) is 5.82 Å². The summed E-state index contributed by atoms with van der Waals surface area (Å²) in [6.45, 7) is 0.365. The summed E-state index contributed by atoms with van der Waals surface area (Å²) in [4.78, 5) is 1.87. The van der Waals surface area contributed by atoms with E-state index >= 15 is 0 Å². The van der Waals surface area contributed by atoms with Crippen LogP contribution >= 0.6 is 11.6 Å². The van der Waals surface area contributed by atoms with Crippen LogP contribution in [0.25, 0.3) is 0 Å². The Bertz CT molecular complexity index is 315.